The van der Waals surface area contributed by atoms with Crippen molar-refractivity contribution in [2.45, 2.75) is 45.6 Å². The number of hydrogen-bond donors (Lipinski definition) is 1. The van der Waals surface area contributed by atoms with Crippen LogP contribution in [0.5, 0.6) is 0 Å². The molecular formula is C16H22BrFO. The standard InChI is InChI=1S/C16H22BrFO/c1-10(2)11-4-6-16(19)13(7-11)8-12-3-5-14(18)9-15(12)17/h3,5,9-11,13,16,19H,4,6-8H2,1-2H3. The molecule has 0 aliphatic heterocycles. The second-order valence-electron chi connectivity index (χ2n) is 6.08. The fraction of sp³-hybridized carbons (Fsp3) is 0.625. The smallest absolute Gasteiger partial charge is 0.124 e. The minimum Gasteiger partial charge on any atom is -0.393 e. The first-order chi connectivity index (χ1) is 8.97. The zero-order valence-electron chi connectivity index (χ0n) is 11.6. The summed E-state index contributed by atoms with van der Waals surface area (Å²) >= 11 is 3.42. The Morgan fingerprint density at radius 1 is 1.37 bits per heavy atom. The van der Waals surface area contributed by atoms with E-state index < -0.39 is 0 Å². The lowest BCUT2D eigenvalue weighted by Crippen LogP contribution is -2.32. The van der Waals surface area contributed by atoms with Crippen LogP contribution in [-0.4, -0.2) is 11.2 Å². The molecule has 2 rings (SSSR count). The van der Waals surface area contributed by atoms with Gasteiger partial charge < -0.3 is 5.11 Å². The third kappa shape index (κ3) is 3.79. The Morgan fingerprint density at radius 2 is 2.11 bits per heavy atom. The summed E-state index contributed by atoms with van der Waals surface area (Å²) in [7, 11) is 0. The first kappa shape index (κ1) is 15.0. The van der Waals surface area contributed by atoms with E-state index >= 15 is 0 Å². The van der Waals surface area contributed by atoms with Crippen molar-refractivity contribution in [3.05, 3.63) is 34.1 Å². The van der Waals surface area contributed by atoms with Crippen molar-refractivity contribution in [1.82, 2.24) is 0 Å². The van der Waals surface area contributed by atoms with Crippen LogP contribution >= 0.6 is 15.9 Å². The van der Waals surface area contributed by atoms with E-state index in [0.717, 1.165) is 35.7 Å². The number of halogens is 2. The third-order valence-corrected chi connectivity index (χ3v) is 5.16. The van der Waals surface area contributed by atoms with Crippen molar-refractivity contribution in [2.24, 2.45) is 17.8 Å². The quantitative estimate of drug-likeness (QED) is 0.862. The van der Waals surface area contributed by atoms with Crippen molar-refractivity contribution >= 4 is 15.9 Å². The van der Waals surface area contributed by atoms with Gasteiger partial charge in [-0.05, 0) is 61.1 Å². The molecule has 0 bridgehead atoms. The zero-order chi connectivity index (χ0) is 14.0. The highest BCUT2D eigenvalue weighted by Crippen LogP contribution is 2.36. The highest BCUT2D eigenvalue weighted by molar-refractivity contribution is 9.10. The maximum atomic E-state index is 13.1. The lowest BCUT2D eigenvalue weighted by atomic mass is 9.73. The van der Waals surface area contributed by atoms with Gasteiger partial charge in [-0.2, -0.15) is 0 Å². The second-order valence-corrected chi connectivity index (χ2v) is 6.94. The van der Waals surface area contributed by atoms with E-state index in [4.69, 9.17) is 0 Å². The molecule has 19 heavy (non-hydrogen) atoms. The van der Waals surface area contributed by atoms with Gasteiger partial charge in [0, 0.05) is 4.47 Å². The summed E-state index contributed by atoms with van der Waals surface area (Å²) in [5.74, 6) is 1.45. The number of benzene rings is 1. The molecule has 0 radical (unpaired) electrons. The fourth-order valence-corrected chi connectivity index (χ4v) is 3.59. The molecular weight excluding hydrogens is 307 g/mol. The second kappa shape index (κ2) is 6.36. The molecule has 3 atom stereocenters. The molecule has 1 nitrogen and oxygen atoms in total. The van der Waals surface area contributed by atoms with Crippen molar-refractivity contribution in [3.63, 3.8) is 0 Å². The molecule has 0 aromatic heterocycles. The molecule has 1 aliphatic rings. The normalized spacial score (nSPS) is 27.8. The predicted molar refractivity (Wildman–Crippen MR) is 79.5 cm³/mol. The highest BCUT2D eigenvalue weighted by Gasteiger charge is 2.30. The summed E-state index contributed by atoms with van der Waals surface area (Å²) in [6.45, 7) is 4.51. The summed E-state index contributed by atoms with van der Waals surface area (Å²) in [5, 5.41) is 10.2. The van der Waals surface area contributed by atoms with Crippen LogP contribution in [0, 0.1) is 23.6 Å². The molecule has 1 aliphatic carbocycles. The van der Waals surface area contributed by atoms with E-state index in [-0.39, 0.29) is 11.9 Å². The summed E-state index contributed by atoms with van der Waals surface area (Å²) < 4.78 is 13.9. The minimum atomic E-state index is -0.222. The van der Waals surface area contributed by atoms with E-state index in [1.165, 1.54) is 12.1 Å². The van der Waals surface area contributed by atoms with Crippen molar-refractivity contribution < 1.29 is 9.50 Å². The summed E-state index contributed by atoms with van der Waals surface area (Å²) in [4.78, 5) is 0. The van der Waals surface area contributed by atoms with E-state index in [9.17, 15) is 9.50 Å². The van der Waals surface area contributed by atoms with Crippen LogP contribution in [-0.2, 0) is 6.42 Å². The monoisotopic (exact) mass is 328 g/mol. The van der Waals surface area contributed by atoms with Gasteiger partial charge in [-0.15, -0.1) is 0 Å². The molecule has 0 amide bonds. The van der Waals surface area contributed by atoms with E-state index in [1.54, 1.807) is 0 Å². The van der Waals surface area contributed by atoms with Crippen molar-refractivity contribution in [3.8, 4) is 0 Å². The summed E-state index contributed by atoms with van der Waals surface area (Å²) in [6, 6.07) is 4.82. The zero-order valence-corrected chi connectivity index (χ0v) is 13.2. The largest absolute Gasteiger partial charge is 0.393 e. The van der Waals surface area contributed by atoms with Crippen LogP contribution in [0.15, 0.2) is 22.7 Å². The van der Waals surface area contributed by atoms with Gasteiger partial charge in [0.05, 0.1) is 6.10 Å². The third-order valence-electron chi connectivity index (χ3n) is 4.42. The lowest BCUT2D eigenvalue weighted by Gasteiger charge is -2.35. The Balaban J connectivity index is 2.07. The Kier molecular flexibility index (Phi) is 5.02. The topological polar surface area (TPSA) is 20.2 Å². The molecule has 3 heteroatoms. The molecule has 1 saturated carbocycles. The van der Waals surface area contributed by atoms with Crippen LogP contribution in [0.2, 0.25) is 0 Å². The Hall–Kier alpha value is -0.410. The van der Waals surface area contributed by atoms with Crippen LogP contribution < -0.4 is 0 Å². The SMILES string of the molecule is CC(C)C1CCC(O)C(Cc2ccc(F)cc2Br)C1. The number of aliphatic hydroxyl groups excluding tert-OH is 1. The van der Waals surface area contributed by atoms with Gasteiger partial charge in [0.2, 0.25) is 0 Å². The van der Waals surface area contributed by atoms with Gasteiger partial charge in [0.1, 0.15) is 5.82 Å². The molecule has 1 N–H and O–H groups in total. The molecule has 0 saturated heterocycles. The molecule has 0 spiro atoms. The maximum absolute atomic E-state index is 13.1. The van der Waals surface area contributed by atoms with E-state index in [0.29, 0.717) is 17.8 Å². The van der Waals surface area contributed by atoms with E-state index in [2.05, 4.69) is 29.8 Å². The molecule has 1 aromatic carbocycles. The van der Waals surface area contributed by atoms with Crippen molar-refractivity contribution in [2.75, 3.05) is 0 Å². The van der Waals surface area contributed by atoms with Gasteiger partial charge in [0.15, 0.2) is 0 Å². The first-order valence-electron chi connectivity index (χ1n) is 7.09. The maximum Gasteiger partial charge on any atom is 0.124 e. The average molecular weight is 329 g/mol. The molecule has 1 aromatic rings. The fourth-order valence-electron chi connectivity index (χ4n) is 3.08. The Morgan fingerprint density at radius 3 is 2.74 bits per heavy atom. The van der Waals surface area contributed by atoms with Gasteiger partial charge in [-0.1, -0.05) is 35.8 Å². The molecule has 106 valence electrons. The van der Waals surface area contributed by atoms with Gasteiger partial charge in [0.25, 0.3) is 0 Å². The van der Waals surface area contributed by atoms with Gasteiger partial charge in [-0.3, -0.25) is 0 Å². The lowest BCUT2D eigenvalue weighted by molar-refractivity contribution is 0.0378. The van der Waals surface area contributed by atoms with Gasteiger partial charge in [-0.25, -0.2) is 4.39 Å². The highest BCUT2D eigenvalue weighted by atomic mass is 79.9. The van der Waals surface area contributed by atoms with Crippen molar-refractivity contribution in [1.29, 1.82) is 0 Å². The van der Waals surface area contributed by atoms with Crippen LogP contribution in [0.1, 0.15) is 38.7 Å². The average Bonchev–Trinajstić information content (AvgIpc) is 2.34. The Labute approximate surface area is 123 Å². The van der Waals surface area contributed by atoms with Crippen LogP contribution in [0.25, 0.3) is 0 Å². The summed E-state index contributed by atoms with van der Waals surface area (Å²) in [5.41, 5.74) is 1.09. The molecule has 1 fully saturated rings. The number of hydrogen-bond acceptors (Lipinski definition) is 1. The summed E-state index contributed by atoms with van der Waals surface area (Å²) in [6.07, 6.45) is 3.70. The number of aliphatic hydroxyl groups is 1. The van der Waals surface area contributed by atoms with Gasteiger partial charge >= 0.3 is 0 Å². The molecule has 0 heterocycles. The minimum absolute atomic E-state index is 0.216. The first-order valence-corrected chi connectivity index (χ1v) is 7.88. The van der Waals surface area contributed by atoms with Crippen LogP contribution in [0.3, 0.4) is 0 Å². The Bertz CT molecular complexity index is 433. The predicted octanol–water partition coefficient (Wildman–Crippen LogP) is 4.56. The van der Waals surface area contributed by atoms with Crippen LogP contribution in [0.4, 0.5) is 4.39 Å². The number of rotatable bonds is 3. The molecule has 3 unspecified atom stereocenters. The van der Waals surface area contributed by atoms with E-state index in [1.807, 2.05) is 6.07 Å².